The summed E-state index contributed by atoms with van der Waals surface area (Å²) in [7, 11) is 0. The van der Waals surface area contributed by atoms with E-state index in [-0.39, 0.29) is 74.0 Å². The highest BCUT2D eigenvalue weighted by Crippen LogP contribution is 2.30. The molecule has 0 saturated carbocycles. The normalized spacial score (nSPS) is 12.5. The summed E-state index contributed by atoms with van der Waals surface area (Å²) in [5, 5.41) is 9.09. The van der Waals surface area contributed by atoms with E-state index in [2.05, 4.69) is 56.4 Å². The lowest BCUT2D eigenvalue weighted by molar-refractivity contribution is -0.122. The van der Waals surface area contributed by atoms with Gasteiger partial charge >= 0.3 is 0 Å². The number of nitrogens with one attached hydrogen (secondary N) is 3. The summed E-state index contributed by atoms with van der Waals surface area (Å²) in [6.07, 6.45) is 4.93. The van der Waals surface area contributed by atoms with Crippen molar-refractivity contribution in [1.29, 1.82) is 0 Å². The second-order valence-corrected chi connectivity index (χ2v) is 20.7. The number of nitrogens with zero attached hydrogens (tertiary/aromatic N) is 4. The SMILES string of the molecule is O=C(CCCCC(=O)N1Cc2ccccc2C#Cc2ccccc21)NCCN(CCNC(=O)CCCCC(=O)N1Cc2ccccc2C#Cc2ccccc21)CCNC(=O)CCCCC(=O)N1Cc2ccccc2C#Cc2ccccc21. The van der Waals surface area contributed by atoms with Gasteiger partial charge < -0.3 is 30.7 Å². The number of hydrogen-bond donors (Lipinski definition) is 3. The predicted octanol–water partition coefficient (Wildman–Crippen LogP) is 9.16. The Hall–Kier alpha value is -9.22. The van der Waals surface area contributed by atoms with Gasteiger partial charge in [-0.3, -0.25) is 33.7 Å². The molecule has 6 aromatic rings. The molecule has 0 fully saturated rings. The summed E-state index contributed by atoms with van der Waals surface area (Å²) in [4.78, 5) is 88.1. The van der Waals surface area contributed by atoms with Gasteiger partial charge in [0.2, 0.25) is 35.4 Å². The third-order valence-corrected chi connectivity index (χ3v) is 14.9. The second-order valence-electron chi connectivity index (χ2n) is 20.7. The van der Waals surface area contributed by atoms with Crippen LogP contribution in [0.4, 0.5) is 17.1 Å². The Balaban J connectivity index is 0.720. The Morgan fingerprint density at radius 1 is 0.329 bits per heavy atom. The quantitative estimate of drug-likeness (QED) is 0.0404. The van der Waals surface area contributed by atoms with Crippen molar-refractivity contribution in [2.24, 2.45) is 0 Å². The Kier molecular flexibility index (Phi) is 20.5. The molecule has 3 aliphatic rings. The zero-order chi connectivity index (χ0) is 56.9. The van der Waals surface area contributed by atoms with E-state index in [4.69, 9.17) is 0 Å². The fourth-order valence-corrected chi connectivity index (χ4v) is 10.4. The minimum Gasteiger partial charge on any atom is -0.355 e. The van der Waals surface area contributed by atoms with Gasteiger partial charge in [0.15, 0.2) is 0 Å². The van der Waals surface area contributed by atoms with Crippen molar-refractivity contribution in [2.45, 2.75) is 96.7 Å². The van der Waals surface area contributed by atoms with Gasteiger partial charge in [0.25, 0.3) is 0 Å². The average Bonchev–Trinajstić information content (AvgIpc) is 3.57. The summed E-state index contributed by atoms with van der Waals surface area (Å²) in [6, 6.07) is 46.7. The van der Waals surface area contributed by atoms with Crippen molar-refractivity contribution in [3.05, 3.63) is 196 Å². The van der Waals surface area contributed by atoms with Crippen LogP contribution >= 0.6 is 0 Å². The number of hydrogen-bond acceptors (Lipinski definition) is 7. The van der Waals surface area contributed by atoms with E-state index in [1.165, 1.54) is 0 Å². The molecular weight excluding hydrogens is 1020 g/mol. The van der Waals surface area contributed by atoms with Crippen molar-refractivity contribution in [2.75, 3.05) is 54.0 Å². The molecule has 3 heterocycles. The van der Waals surface area contributed by atoms with Gasteiger partial charge in [-0.2, -0.15) is 0 Å². The third kappa shape index (κ3) is 16.0. The first-order valence-corrected chi connectivity index (χ1v) is 28.7. The first-order chi connectivity index (χ1) is 40.2. The first kappa shape index (κ1) is 57.5. The number of carbonyl (C=O) groups excluding carboxylic acids is 6. The average molecular weight is 1090 g/mol. The van der Waals surface area contributed by atoms with E-state index in [9.17, 15) is 28.8 Å². The molecule has 3 N–H and O–H groups in total. The lowest BCUT2D eigenvalue weighted by Gasteiger charge is -2.26. The molecular formula is C69H69N7O6. The van der Waals surface area contributed by atoms with Gasteiger partial charge in [0, 0.05) is 111 Å². The Bertz CT molecular complexity index is 3140. The van der Waals surface area contributed by atoms with Crippen molar-refractivity contribution < 1.29 is 28.8 Å². The fourth-order valence-electron chi connectivity index (χ4n) is 10.4. The molecule has 13 heteroatoms. The molecule has 0 atom stereocenters. The highest BCUT2D eigenvalue weighted by Gasteiger charge is 2.24. The number of carbonyl (C=O) groups is 6. The minimum atomic E-state index is -0.116. The van der Waals surface area contributed by atoms with Gasteiger partial charge in [-0.1, -0.05) is 127 Å². The Labute approximate surface area is 481 Å². The Morgan fingerprint density at radius 2 is 0.573 bits per heavy atom. The monoisotopic (exact) mass is 1090 g/mol. The van der Waals surface area contributed by atoms with Gasteiger partial charge in [0.1, 0.15) is 0 Å². The molecule has 0 bridgehead atoms. The number of fused-ring (bicyclic) bond motifs is 6. The maximum Gasteiger partial charge on any atom is 0.227 e. The second kappa shape index (κ2) is 29.3. The van der Waals surface area contributed by atoms with E-state index in [1.807, 2.05) is 146 Å². The maximum absolute atomic E-state index is 13.7. The number of unbranched alkanes of at least 4 members (excludes halogenated alkanes) is 3. The molecule has 0 saturated heterocycles. The van der Waals surface area contributed by atoms with E-state index < -0.39 is 0 Å². The van der Waals surface area contributed by atoms with Crippen molar-refractivity contribution in [3.63, 3.8) is 0 Å². The summed E-state index contributed by atoms with van der Waals surface area (Å²) < 4.78 is 0. The fraction of sp³-hybridized carbons (Fsp3) is 0.304. The van der Waals surface area contributed by atoms with Crippen LogP contribution < -0.4 is 30.7 Å². The molecule has 82 heavy (non-hydrogen) atoms. The van der Waals surface area contributed by atoms with Crippen LogP contribution in [0.15, 0.2) is 146 Å². The minimum absolute atomic E-state index is 0.0212. The van der Waals surface area contributed by atoms with Crippen molar-refractivity contribution >= 4 is 52.5 Å². The lowest BCUT2D eigenvalue weighted by atomic mass is 10.0. The largest absolute Gasteiger partial charge is 0.355 e. The topological polar surface area (TPSA) is 151 Å². The van der Waals surface area contributed by atoms with Crippen LogP contribution in [0.25, 0.3) is 0 Å². The van der Waals surface area contributed by atoms with Gasteiger partial charge in [-0.15, -0.1) is 0 Å². The zero-order valence-corrected chi connectivity index (χ0v) is 46.4. The van der Waals surface area contributed by atoms with Crippen molar-refractivity contribution in [3.8, 4) is 35.5 Å². The number of para-hydroxylation sites is 3. The molecule has 0 unspecified atom stereocenters. The molecule has 6 aromatic carbocycles. The number of amides is 6. The molecule has 0 spiro atoms. The zero-order valence-electron chi connectivity index (χ0n) is 46.4. The van der Waals surface area contributed by atoms with Gasteiger partial charge in [0.05, 0.1) is 36.7 Å². The van der Waals surface area contributed by atoms with Crippen LogP contribution in [0.2, 0.25) is 0 Å². The molecule has 13 nitrogen and oxygen atoms in total. The highest BCUT2D eigenvalue weighted by atomic mass is 16.2. The van der Waals surface area contributed by atoms with Crippen LogP contribution in [0, 0.1) is 35.5 Å². The van der Waals surface area contributed by atoms with Crippen LogP contribution in [0.5, 0.6) is 0 Å². The van der Waals surface area contributed by atoms with Crippen molar-refractivity contribution in [1.82, 2.24) is 20.9 Å². The van der Waals surface area contributed by atoms with Crippen LogP contribution in [0.1, 0.15) is 127 Å². The smallest absolute Gasteiger partial charge is 0.227 e. The van der Waals surface area contributed by atoms with E-state index in [1.54, 1.807) is 14.7 Å². The maximum atomic E-state index is 13.7. The van der Waals surface area contributed by atoms with Crippen LogP contribution in [0.3, 0.4) is 0 Å². The first-order valence-electron chi connectivity index (χ1n) is 28.7. The molecule has 416 valence electrons. The molecule has 6 amide bonds. The highest BCUT2D eigenvalue weighted by molar-refractivity contribution is 5.97. The van der Waals surface area contributed by atoms with Gasteiger partial charge in [-0.05, 0) is 110 Å². The molecule has 9 rings (SSSR count). The summed E-state index contributed by atoms with van der Waals surface area (Å²) in [5.41, 5.74) is 10.4. The lowest BCUT2D eigenvalue weighted by Crippen LogP contribution is -2.43. The summed E-state index contributed by atoms with van der Waals surface area (Å²) >= 11 is 0. The molecule has 0 radical (unpaired) electrons. The number of anilines is 3. The van der Waals surface area contributed by atoms with Crippen LogP contribution in [-0.2, 0) is 48.4 Å². The summed E-state index contributed by atoms with van der Waals surface area (Å²) in [6.45, 7) is 3.74. The number of rotatable bonds is 24. The number of benzene rings is 6. The Morgan fingerprint density at radius 3 is 0.878 bits per heavy atom. The molecule has 3 aliphatic heterocycles. The predicted molar refractivity (Wildman–Crippen MR) is 321 cm³/mol. The van der Waals surface area contributed by atoms with Crippen LogP contribution in [-0.4, -0.2) is 79.6 Å². The van der Waals surface area contributed by atoms with E-state index in [0.717, 1.165) is 67.1 Å². The van der Waals surface area contributed by atoms with E-state index in [0.29, 0.717) is 97.4 Å². The summed E-state index contributed by atoms with van der Waals surface area (Å²) in [5.74, 6) is 19.1. The van der Waals surface area contributed by atoms with E-state index >= 15 is 0 Å². The third-order valence-electron chi connectivity index (χ3n) is 14.9. The van der Waals surface area contributed by atoms with Gasteiger partial charge in [-0.25, -0.2) is 0 Å². The standard InChI is InChI=1S/C69H69N7O6/c77-64(31-13-16-34-67(80)74-49-58-25-4-1-19-52(58)37-40-55-22-7-10-28-61(55)74)70-43-46-73(47-44-71-65(78)32-14-17-35-68(81)75-50-59-26-5-2-20-53(59)38-41-56-23-8-11-29-62(56)75)48-45-72-66(79)33-15-18-36-69(82)76-51-60-27-6-3-21-54(60)39-42-57-24-9-12-30-63(57)76/h1-12,19-30H,13-18,31-36,43-51H2,(H,70,77)(H,71,78)(H,72,79). The molecule has 0 aliphatic carbocycles. The molecule has 0 aromatic heterocycles.